The molecule has 0 aliphatic heterocycles. The summed E-state index contributed by atoms with van der Waals surface area (Å²) >= 11 is 0. The van der Waals surface area contributed by atoms with Gasteiger partial charge in [-0.25, -0.2) is 9.18 Å². The van der Waals surface area contributed by atoms with E-state index in [4.69, 9.17) is 9.84 Å². The van der Waals surface area contributed by atoms with Gasteiger partial charge in [0.25, 0.3) is 5.56 Å². The summed E-state index contributed by atoms with van der Waals surface area (Å²) in [6, 6.07) is 18.5. The molecule has 1 aromatic heterocycles. The van der Waals surface area contributed by atoms with Crippen molar-refractivity contribution in [2.45, 2.75) is 13.0 Å². The number of rotatable bonds is 6. The summed E-state index contributed by atoms with van der Waals surface area (Å²) in [6.07, 6.45) is 1.64. The number of nitrogens with zero attached hydrogens (tertiary/aromatic N) is 1. The number of pyridine rings is 1. The molecule has 0 saturated heterocycles. The van der Waals surface area contributed by atoms with Crippen molar-refractivity contribution in [2.75, 3.05) is 0 Å². The van der Waals surface area contributed by atoms with Gasteiger partial charge in [-0.3, -0.25) is 9.59 Å². The van der Waals surface area contributed by atoms with Crippen molar-refractivity contribution in [1.29, 1.82) is 0 Å². The quantitative estimate of drug-likeness (QED) is 0.368. The number of hydrogen-bond donors (Lipinski definition) is 1. The van der Waals surface area contributed by atoms with E-state index in [1.807, 2.05) is 0 Å². The predicted octanol–water partition coefficient (Wildman–Crippen LogP) is 4.04. The molecule has 4 aromatic rings. The first-order chi connectivity index (χ1) is 15.4. The van der Waals surface area contributed by atoms with E-state index < -0.39 is 11.9 Å². The molecule has 0 aliphatic rings. The monoisotopic (exact) mass is 431 g/mol. The zero-order valence-corrected chi connectivity index (χ0v) is 16.8. The number of halogens is 1. The molecule has 0 radical (unpaired) electrons. The van der Waals surface area contributed by atoms with Crippen molar-refractivity contribution >= 4 is 22.7 Å². The molecular weight excluding hydrogens is 413 g/mol. The molecule has 7 heteroatoms. The van der Waals surface area contributed by atoms with Crippen LogP contribution in [0.25, 0.3) is 10.8 Å². The number of carbonyl (C=O) groups excluding carboxylic acids is 1. The zero-order chi connectivity index (χ0) is 22.7. The first kappa shape index (κ1) is 21.0. The first-order valence-corrected chi connectivity index (χ1v) is 9.79. The third kappa shape index (κ3) is 4.73. The van der Waals surface area contributed by atoms with Crippen LogP contribution < -0.4 is 10.3 Å². The van der Waals surface area contributed by atoms with E-state index in [2.05, 4.69) is 0 Å². The van der Waals surface area contributed by atoms with Gasteiger partial charge in [-0.15, -0.1) is 0 Å². The Labute approximate surface area is 182 Å². The fraction of sp³-hybridized carbons (Fsp3) is 0.0800. The topological polar surface area (TPSA) is 85.6 Å². The van der Waals surface area contributed by atoms with Gasteiger partial charge in [0.05, 0.1) is 23.9 Å². The largest absolute Gasteiger partial charge is 0.478 e. The van der Waals surface area contributed by atoms with Crippen LogP contribution in [0.1, 0.15) is 21.5 Å². The molecule has 0 atom stereocenters. The van der Waals surface area contributed by atoms with Crippen LogP contribution in [0, 0.1) is 5.82 Å². The van der Waals surface area contributed by atoms with Crippen LogP contribution in [0.5, 0.6) is 5.75 Å². The highest BCUT2D eigenvalue weighted by atomic mass is 19.1. The highest BCUT2D eigenvalue weighted by molar-refractivity contribution is 5.87. The Kier molecular flexibility index (Phi) is 5.81. The van der Waals surface area contributed by atoms with Crippen molar-refractivity contribution in [2.24, 2.45) is 0 Å². The van der Waals surface area contributed by atoms with E-state index in [0.717, 1.165) is 5.56 Å². The normalized spacial score (nSPS) is 10.8. The maximum atomic E-state index is 13.0. The molecule has 0 saturated carbocycles. The van der Waals surface area contributed by atoms with Crippen LogP contribution >= 0.6 is 0 Å². The molecule has 1 N–H and O–H groups in total. The molecule has 0 bridgehead atoms. The van der Waals surface area contributed by atoms with E-state index in [0.29, 0.717) is 16.3 Å². The molecule has 0 fully saturated rings. The van der Waals surface area contributed by atoms with Crippen molar-refractivity contribution in [3.8, 4) is 5.75 Å². The summed E-state index contributed by atoms with van der Waals surface area (Å²) in [5.74, 6) is -1.68. The van der Waals surface area contributed by atoms with Gasteiger partial charge < -0.3 is 14.4 Å². The molecule has 160 valence electrons. The molecular formula is C25H18FNO5. The van der Waals surface area contributed by atoms with Gasteiger partial charge in [-0.1, -0.05) is 30.3 Å². The summed E-state index contributed by atoms with van der Waals surface area (Å²) in [6.45, 7) is 0.267. The lowest BCUT2D eigenvalue weighted by atomic mass is 10.1. The fourth-order valence-corrected chi connectivity index (χ4v) is 3.33. The minimum Gasteiger partial charge on any atom is -0.478 e. The first-order valence-electron chi connectivity index (χ1n) is 9.79. The minimum absolute atomic E-state index is 0.0241. The van der Waals surface area contributed by atoms with Gasteiger partial charge in [0, 0.05) is 6.20 Å². The minimum atomic E-state index is -1.01. The number of carboxylic acid groups (broad SMARTS) is 1. The maximum absolute atomic E-state index is 13.0. The average Bonchev–Trinajstić information content (AvgIpc) is 2.78. The zero-order valence-electron chi connectivity index (χ0n) is 16.8. The Morgan fingerprint density at radius 1 is 0.906 bits per heavy atom. The number of fused-ring (bicyclic) bond motifs is 1. The molecule has 3 aromatic carbocycles. The molecule has 0 amide bonds. The highest BCUT2D eigenvalue weighted by Gasteiger charge is 2.10. The summed E-state index contributed by atoms with van der Waals surface area (Å²) < 4.78 is 19.9. The van der Waals surface area contributed by atoms with E-state index in [-0.39, 0.29) is 35.7 Å². The molecule has 1 heterocycles. The number of esters is 1. The third-order valence-corrected chi connectivity index (χ3v) is 5.00. The lowest BCUT2D eigenvalue weighted by Crippen LogP contribution is -2.20. The van der Waals surface area contributed by atoms with E-state index >= 15 is 0 Å². The fourth-order valence-electron chi connectivity index (χ4n) is 3.33. The summed E-state index contributed by atoms with van der Waals surface area (Å²) in [5, 5.41) is 10.1. The second-order valence-electron chi connectivity index (χ2n) is 7.28. The summed E-state index contributed by atoms with van der Waals surface area (Å²) in [5.41, 5.74) is 1.31. The van der Waals surface area contributed by atoms with E-state index in [1.165, 1.54) is 47.0 Å². The van der Waals surface area contributed by atoms with Gasteiger partial charge in [-0.05, 0) is 59.0 Å². The van der Waals surface area contributed by atoms with Crippen molar-refractivity contribution in [3.05, 3.63) is 112 Å². The summed E-state index contributed by atoms with van der Waals surface area (Å²) in [4.78, 5) is 36.2. The van der Waals surface area contributed by atoms with Crippen LogP contribution in [-0.4, -0.2) is 21.6 Å². The number of ether oxygens (including phenoxy) is 1. The molecule has 0 unspecified atom stereocenters. The van der Waals surface area contributed by atoms with Crippen LogP contribution in [0.4, 0.5) is 4.39 Å². The molecule has 32 heavy (non-hydrogen) atoms. The standard InChI is InChI=1S/C25H18FNO5/c26-20-8-3-16(4-9-20)13-23(28)32-21-10-7-18-11-12-27(24(29)22(18)14-21)15-17-1-5-19(6-2-17)25(30)31/h1-12,14H,13,15H2,(H,30,31). The second-order valence-corrected chi connectivity index (χ2v) is 7.28. The summed E-state index contributed by atoms with van der Waals surface area (Å²) in [7, 11) is 0. The number of benzene rings is 3. The predicted molar refractivity (Wildman–Crippen MR) is 116 cm³/mol. The van der Waals surface area contributed by atoms with Crippen molar-refractivity contribution < 1.29 is 23.8 Å². The van der Waals surface area contributed by atoms with Gasteiger partial charge in [-0.2, -0.15) is 0 Å². The van der Waals surface area contributed by atoms with E-state index in [1.54, 1.807) is 36.5 Å². The SMILES string of the molecule is O=C(Cc1ccc(F)cc1)Oc1ccc2ccn(Cc3ccc(C(=O)O)cc3)c(=O)c2c1. The van der Waals surface area contributed by atoms with E-state index in [9.17, 15) is 18.8 Å². The van der Waals surface area contributed by atoms with Gasteiger partial charge >= 0.3 is 11.9 Å². The number of hydrogen-bond acceptors (Lipinski definition) is 4. The van der Waals surface area contributed by atoms with Crippen molar-refractivity contribution in [3.63, 3.8) is 0 Å². The lowest BCUT2D eigenvalue weighted by molar-refractivity contribution is -0.133. The van der Waals surface area contributed by atoms with Gasteiger partial charge in [0.15, 0.2) is 0 Å². The Hall–Kier alpha value is -4.26. The highest BCUT2D eigenvalue weighted by Crippen LogP contribution is 2.19. The Morgan fingerprint density at radius 3 is 2.28 bits per heavy atom. The lowest BCUT2D eigenvalue weighted by Gasteiger charge is -2.09. The van der Waals surface area contributed by atoms with Crippen LogP contribution in [0.2, 0.25) is 0 Å². The average molecular weight is 431 g/mol. The smallest absolute Gasteiger partial charge is 0.335 e. The van der Waals surface area contributed by atoms with Gasteiger partial charge in [0.2, 0.25) is 0 Å². The Bertz CT molecular complexity index is 1360. The van der Waals surface area contributed by atoms with Crippen LogP contribution in [0.15, 0.2) is 83.8 Å². The number of aromatic carboxylic acids is 1. The third-order valence-electron chi connectivity index (χ3n) is 5.00. The number of carbonyl (C=O) groups is 2. The maximum Gasteiger partial charge on any atom is 0.335 e. The van der Waals surface area contributed by atoms with Crippen molar-refractivity contribution in [1.82, 2.24) is 4.57 Å². The Balaban J connectivity index is 1.54. The van der Waals surface area contributed by atoms with Gasteiger partial charge in [0.1, 0.15) is 11.6 Å². The number of aromatic nitrogens is 1. The Morgan fingerprint density at radius 2 is 1.59 bits per heavy atom. The molecule has 6 nitrogen and oxygen atoms in total. The number of carboxylic acids is 1. The van der Waals surface area contributed by atoms with Crippen LogP contribution in [-0.2, 0) is 17.8 Å². The molecule has 0 spiro atoms. The van der Waals surface area contributed by atoms with Crippen LogP contribution in [0.3, 0.4) is 0 Å². The second kappa shape index (κ2) is 8.85. The molecule has 4 rings (SSSR count). The molecule has 0 aliphatic carbocycles.